The topological polar surface area (TPSA) is 50.1 Å². The van der Waals surface area contributed by atoms with Gasteiger partial charge in [0.1, 0.15) is 0 Å². The van der Waals surface area contributed by atoms with E-state index in [1.54, 1.807) is 13.0 Å². The summed E-state index contributed by atoms with van der Waals surface area (Å²) in [6, 6.07) is 5.17. The minimum atomic E-state index is -0.452. The molecule has 16 heavy (non-hydrogen) atoms. The van der Waals surface area contributed by atoms with Crippen molar-refractivity contribution in [2.45, 2.75) is 20.3 Å². The molecule has 1 aromatic rings. The van der Waals surface area contributed by atoms with Gasteiger partial charge in [0.05, 0.1) is 28.8 Å². The number of benzene rings is 1. The molecule has 1 aromatic carbocycles. The first-order chi connectivity index (χ1) is 7.65. The van der Waals surface area contributed by atoms with Crippen LogP contribution < -0.4 is 0 Å². The van der Waals surface area contributed by atoms with Crippen LogP contribution in [0, 0.1) is 11.3 Å². The average molecular weight is 238 g/mol. The van der Waals surface area contributed by atoms with Crippen LogP contribution >= 0.6 is 11.6 Å². The van der Waals surface area contributed by atoms with E-state index >= 15 is 0 Å². The first kappa shape index (κ1) is 12.5. The minimum Gasteiger partial charge on any atom is -0.462 e. The molecule has 0 spiro atoms. The van der Waals surface area contributed by atoms with Gasteiger partial charge in [0, 0.05) is 0 Å². The van der Waals surface area contributed by atoms with Crippen LogP contribution in [0.2, 0.25) is 5.02 Å². The number of rotatable bonds is 3. The Balaban J connectivity index is 3.25. The van der Waals surface area contributed by atoms with Crippen molar-refractivity contribution in [1.82, 2.24) is 0 Å². The predicted octanol–water partition coefficient (Wildman–Crippen LogP) is 2.95. The molecule has 0 N–H and O–H groups in total. The molecule has 0 fully saturated rings. The molecule has 84 valence electrons. The summed E-state index contributed by atoms with van der Waals surface area (Å²) >= 11 is 6.07. The van der Waals surface area contributed by atoms with E-state index in [2.05, 4.69) is 0 Å². The summed E-state index contributed by atoms with van der Waals surface area (Å²) < 4.78 is 4.88. The van der Waals surface area contributed by atoms with Crippen molar-refractivity contribution in [2.75, 3.05) is 6.61 Å². The Bertz CT molecular complexity index is 449. The Labute approximate surface area is 99.6 Å². The number of halogens is 1. The maximum atomic E-state index is 11.5. The molecule has 0 amide bonds. The second-order valence-electron chi connectivity index (χ2n) is 3.14. The molecule has 0 bridgehead atoms. The lowest BCUT2D eigenvalue weighted by molar-refractivity contribution is 0.0526. The van der Waals surface area contributed by atoms with E-state index < -0.39 is 5.97 Å². The second-order valence-corrected chi connectivity index (χ2v) is 3.52. The van der Waals surface area contributed by atoms with Gasteiger partial charge in [0.25, 0.3) is 0 Å². The van der Waals surface area contributed by atoms with Crippen molar-refractivity contribution in [3.05, 3.63) is 33.8 Å². The van der Waals surface area contributed by atoms with E-state index in [4.69, 9.17) is 21.6 Å². The van der Waals surface area contributed by atoms with E-state index in [-0.39, 0.29) is 0 Å². The van der Waals surface area contributed by atoms with Crippen molar-refractivity contribution in [3.8, 4) is 6.07 Å². The van der Waals surface area contributed by atoms with Crippen molar-refractivity contribution in [3.63, 3.8) is 0 Å². The third-order valence-corrected chi connectivity index (χ3v) is 2.64. The van der Waals surface area contributed by atoms with Crippen molar-refractivity contribution < 1.29 is 9.53 Å². The van der Waals surface area contributed by atoms with Gasteiger partial charge in [-0.05, 0) is 31.0 Å². The second kappa shape index (κ2) is 5.53. The smallest absolute Gasteiger partial charge is 0.339 e. The zero-order valence-electron chi connectivity index (χ0n) is 9.21. The van der Waals surface area contributed by atoms with Gasteiger partial charge in [0.2, 0.25) is 0 Å². The lowest BCUT2D eigenvalue weighted by Gasteiger charge is -2.09. The van der Waals surface area contributed by atoms with Gasteiger partial charge in [-0.2, -0.15) is 5.26 Å². The molecule has 0 aliphatic rings. The summed E-state index contributed by atoms with van der Waals surface area (Å²) in [5.74, 6) is -0.452. The molecule has 0 aromatic heterocycles. The quantitative estimate of drug-likeness (QED) is 0.760. The highest BCUT2D eigenvalue weighted by atomic mass is 35.5. The molecule has 1 rings (SSSR count). The van der Waals surface area contributed by atoms with E-state index in [0.717, 1.165) is 0 Å². The fraction of sp³-hybridized carbons (Fsp3) is 0.333. The molecule has 0 unspecified atom stereocenters. The van der Waals surface area contributed by atoms with Gasteiger partial charge >= 0.3 is 5.97 Å². The van der Waals surface area contributed by atoms with Crippen molar-refractivity contribution in [2.24, 2.45) is 0 Å². The van der Waals surface area contributed by atoms with Gasteiger partial charge in [-0.15, -0.1) is 0 Å². The molecule has 0 aliphatic heterocycles. The molecular weight excluding hydrogens is 226 g/mol. The highest BCUT2D eigenvalue weighted by Gasteiger charge is 2.16. The summed E-state index contributed by atoms with van der Waals surface area (Å²) in [6.45, 7) is 3.92. The fourth-order valence-corrected chi connectivity index (χ4v) is 1.81. The lowest BCUT2D eigenvalue weighted by atomic mass is 10.0. The van der Waals surface area contributed by atoms with Crippen LogP contribution in [0.4, 0.5) is 0 Å². The summed E-state index contributed by atoms with van der Waals surface area (Å²) in [5, 5.41) is 9.20. The number of nitriles is 1. The van der Waals surface area contributed by atoms with E-state index in [0.29, 0.717) is 34.7 Å². The third kappa shape index (κ3) is 2.34. The maximum Gasteiger partial charge on any atom is 0.339 e. The molecule has 0 heterocycles. The first-order valence-electron chi connectivity index (χ1n) is 5.04. The van der Waals surface area contributed by atoms with Crippen LogP contribution in [-0.2, 0) is 11.2 Å². The monoisotopic (exact) mass is 237 g/mol. The minimum absolute atomic E-state index is 0.302. The summed E-state index contributed by atoms with van der Waals surface area (Å²) in [7, 11) is 0. The SMILES string of the molecule is CCOC(=O)c1ccc(C#N)c(CC)c1Cl. The van der Waals surface area contributed by atoms with Gasteiger partial charge in [0.15, 0.2) is 0 Å². The lowest BCUT2D eigenvalue weighted by Crippen LogP contribution is -2.07. The summed E-state index contributed by atoms with van der Waals surface area (Å²) in [5.41, 5.74) is 1.51. The molecular formula is C12H12ClNO2. The Kier molecular flexibility index (Phi) is 4.33. The van der Waals surface area contributed by atoms with Crippen LogP contribution in [0.25, 0.3) is 0 Å². The highest BCUT2D eigenvalue weighted by Crippen LogP contribution is 2.25. The molecule has 0 saturated carbocycles. The molecule has 4 heteroatoms. The van der Waals surface area contributed by atoms with Crippen LogP contribution in [-0.4, -0.2) is 12.6 Å². The first-order valence-corrected chi connectivity index (χ1v) is 5.42. The Morgan fingerprint density at radius 2 is 2.19 bits per heavy atom. The number of carbonyl (C=O) groups excluding carboxylic acids is 1. The van der Waals surface area contributed by atoms with E-state index in [1.807, 2.05) is 13.0 Å². The van der Waals surface area contributed by atoms with Crippen LogP contribution in [0.15, 0.2) is 12.1 Å². The fourth-order valence-electron chi connectivity index (χ4n) is 1.44. The van der Waals surface area contributed by atoms with E-state index in [9.17, 15) is 4.79 Å². The normalized spacial score (nSPS) is 9.62. The summed E-state index contributed by atoms with van der Waals surface area (Å²) in [4.78, 5) is 11.5. The number of nitrogens with zero attached hydrogens (tertiary/aromatic N) is 1. The zero-order valence-corrected chi connectivity index (χ0v) is 9.97. The maximum absolute atomic E-state index is 11.5. The van der Waals surface area contributed by atoms with Crippen LogP contribution in [0.3, 0.4) is 0 Å². The predicted molar refractivity (Wildman–Crippen MR) is 61.5 cm³/mol. The Morgan fingerprint density at radius 1 is 1.50 bits per heavy atom. The van der Waals surface area contributed by atoms with Crippen LogP contribution in [0.1, 0.15) is 35.3 Å². The van der Waals surface area contributed by atoms with Crippen molar-refractivity contribution in [1.29, 1.82) is 5.26 Å². The zero-order chi connectivity index (χ0) is 12.1. The molecule has 3 nitrogen and oxygen atoms in total. The molecule has 0 saturated heterocycles. The van der Waals surface area contributed by atoms with Gasteiger partial charge in [-0.25, -0.2) is 4.79 Å². The number of esters is 1. The highest BCUT2D eigenvalue weighted by molar-refractivity contribution is 6.34. The van der Waals surface area contributed by atoms with Crippen LogP contribution in [0.5, 0.6) is 0 Å². The van der Waals surface area contributed by atoms with Crippen molar-refractivity contribution >= 4 is 17.6 Å². The molecule has 0 aliphatic carbocycles. The number of carbonyl (C=O) groups is 1. The Morgan fingerprint density at radius 3 is 2.69 bits per heavy atom. The van der Waals surface area contributed by atoms with Gasteiger partial charge in [-0.3, -0.25) is 0 Å². The molecule has 0 atom stereocenters. The van der Waals surface area contributed by atoms with E-state index in [1.165, 1.54) is 6.07 Å². The Hall–Kier alpha value is -1.53. The standard InChI is InChI=1S/C12H12ClNO2/c1-3-9-8(7-14)5-6-10(11(9)13)12(15)16-4-2/h5-6H,3-4H2,1-2H3. The average Bonchev–Trinajstić information content (AvgIpc) is 2.28. The number of hydrogen-bond acceptors (Lipinski definition) is 3. The number of hydrogen-bond donors (Lipinski definition) is 0. The largest absolute Gasteiger partial charge is 0.462 e. The van der Waals surface area contributed by atoms with Gasteiger partial charge < -0.3 is 4.74 Å². The van der Waals surface area contributed by atoms with Gasteiger partial charge in [-0.1, -0.05) is 18.5 Å². The number of ether oxygens (including phenoxy) is 1. The summed E-state index contributed by atoms with van der Waals surface area (Å²) in [6.07, 6.45) is 0.606. The molecule has 0 radical (unpaired) electrons. The third-order valence-electron chi connectivity index (χ3n) is 2.21.